The molecule has 1 aliphatic rings. The van der Waals surface area contributed by atoms with Gasteiger partial charge in [0.2, 0.25) is 0 Å². The Labute approximate surface area is 108 Å². The first-order chi connectivity index (χ1) is 8.65. The molecule has 1 aliphatic carbocycles. The summed E-state index contributed by atoms with van der Waals surface area (Å²) in [6, 6.07) is 5.84. The molecule has 0 spiro atoms. The molecule has 0 unspecified atom stereocenters. The molecule has 0 bridgehead atoms. The van der Waals surface area contributed by atoms with Gasteiger partial charge >= 0.3 is 0 Å². The molecule has 2 rings (SSSR count). The van der Waals surface area contributed by atoms with Crippen LogP contribution in [0.5, 0.6) is 5.75 Å². The standard InChI is InChI=1S/C14H21FN2O/c1-17(2)7-8-18-14-6-3-11(9-13(14)15)10-16-12-4-5-12/h3,6,9,12,16H,4-5,7-8,10H2,1-2H3. The molecule has 1 saturated carbocycles. The Kier molecular flexibility index (Phi) is 4.55. The van der Waals surface area contributed by atoms with Gasteiger partial charge in [-0.3, -0.25) is 0 Å². The first-order valence-corrected chi connectivity index (χ1v) is 6.44. The Bertz CT molecular complexity index is 391. The van der Waals surface area contributed by atoms with Crippen molar-refractivity contribution in [3.05, 3.63) is 29.6 Å². The Morgan fingerprint density at radius 3 is 2.78 bits per heavy atom. The van der Waals surface area contributed by atoms with Crippen molar-refractivity contribution < 1.29 is 9.13 Å². The predicted octanol–water partition coefficient (Wildman–Crippen LogP) is 2.02. The second-order valence-corrected chi connectivity index (χ2v) is 5.07. The van der Waals surface area contributed by atoms with Crippen molar-refractivity contribution in [2.75, 3.05) is 27.2 Å². The average molecular weight is 252 g/mol. The van der Waals surface area contributed by atoms with Gasteiger partial charge in [0.1, 0.15) is 6.61 Å². The maximum Gasteiger partial charge on any atom is 0.165 e. The lowest BCUT2D eigenvalue weighted by Crippen LogP contribution is -2.19. The number of likely N-dealkylation sites (N-methyl/N-ethyl adjacent to an activating group) is 1. The average Bonchev–Trinajstić information content (AvgIpc) is 3.12. The third kappa shape index (κ3) is 4.27. The Hall–Kier alpha value is -1.13. The topological polar surface area (TPSA) is 24.5 Å². The zero-order valence-corrected chi connectivity index (χ0v) is 11.1. The molecular weight excluding hydrogens is 231 g/mol. The lowest BCUT2D eigenvalue weighted by atomic mass is 10.2. The van der Waals surface area contributed by atoms with E-state index in [4.69, 9.17) is 4.74 Å². The summed E-state index contributed by atoms with van der Waals surface area (Å²) in [5.74, 6) is 0.0656. The lowest BCUT2D eigenvalue weighted by molar-refractivity contribution is 0.252. The van der Waals surface area contributed by atoms with Crippen molar-refractivity contribution in [2.24, 2.45) is 0 Å². The Morgan fingerprint density at radius 2 is 2.17 bits per heavy atom. The normalized spacial score (nSPS) is 15.1. The molecule has 0 heterocycles. The summed E-state index contributed by atoms with van der Waals surface area (Å²) >= 11 is 0. The van der Waals surface area contributed by atoms with Gasteiger partial charge in [-0.2, -0.15) is 0 Å². The third-order valence-corrected chi connectivity index (χ3v) is 2.96. The van der Waals surface area contributed by atoms with Gasteiger partial charge < -0.3 is 15.0 Å². The van der Waals surface area contributed by atoms with E-state index in [-0.39, 0.29) is 5.82 Å². The van der Waals surface area contributed by atoms with Gasteiger partial charge in [0.05, 0.1) is 0 Å². The van der Waals surface area contributed by atoms with Crippen molar-refractivity contribution in [3.8, 4) is 5.75 Å². The molecule has 0 saturated heterocycles. The first kappa shape index (κ1) is 13.3. The summed E-state index contributed by atoms with van der Waals surface area (Å²) in [4.78, 5) is 2.01. The second kappa shape index (κ2) is 6.16. The smallest absolute Gasteiger partial charge is 0.165 e. The molecule has 1 aromatic carbocycles. The SMILES string of the molecule is CN(C)CCOc1ccc(CNC2CC2)cc1F. The largest absolute Gasteiger partial charge is 0.489 e. The fourth-order valence-corrected chi connectivity index (χ4v) is 1.66. The highest BCUT2D eigenvalue weighted by atomic mass is 19.1. The van der Waals surface area contributed by atoms with E-state index >= 15 is 0 Å². The van der Waals surface area contributed by atoms with E-state index in [2.05, 4.69) is 5.32 Å². The number of nitrogens with one attached hydrogen (secondary N) is 1. The molecule has 0 atom stereocenters. The minimum absolute atomic E-state index is 0.274. The minimum Gasteiger partial charge on any atom is -0.489 e. The zero-order chi connectivity index (χ0) is 13.0. The summed E-state index contributed by atoms with van der Waals surface area (Å²) in [5.41, 5.74) is 0.972. The van der Waals surface area contributed by atoms with Crippen LogP contribution in [0.3, 0.4) is 0 Å². The predicted molar refractivity (Wildman–Crippen MR) is 70.3 cm³/mol. The monoisotopic (exact) mass is 252 g/mol. The molecule has 0 aromatic heterocycles. The molecule has 0 amide bonds. The summed E-state index contributed by atoms with van der Waals surface area (Å²) < 4.78 is 19.2. The molecule has 4 heteroatoms. The maximum atomic E-state index is 13.7. The van der Waals surface area contributed by atoms with E-state index in [1.165, 1.54) is 12.8 Å². The van der Waals surface area contributed by atoms with Crippen LogP contribution in [-0.4, -0.2) is 38.2 Å². The van der Waals surface area contributed by atoms with Crippen LogP contribution in [0.1, 0.15) is 18.4 Å². The van der Waals surface area contributed by atoms with E-state index in [0.29, 0.717) is 18.4 Å². The zero-order valence-electron chi connectivity index (χ0n) is 11.1. The molecule has 0 radical (unpaired) electrons. The summed E-state index contributed by atoms with van der Waals surface area (Å²) in [6.07, 6.45) is 2.49. The van der Waals surface area contributed by atoms with Gasteiger partial charge in [-0.15, -0.1) is 0 Å². The van der Waals surface area contributed by atoms with Gasteiger partial charge in [0, 0.05) is 19.1 Å². The molecule has 18 heavy (non-hydrogen) atoms. The highest BCUT2D eigenvalue weighted by Crippen LogP contribution is 2.21. The molecule has 1 N–H and O–H groups in total. The van der Waals surface area contributed by atoms with Crippen LogP contribution in [-0.2, 0) is 6.54 Å². The Balaban J connectivity index is 1.83. The number of benzene rings is 1. The van der Waals surface area contributed by atoms with E-state index in [9.17, 15) is 4.39 Å². The molecule has 100 valence electrons. The fourth-order valence-electron chi connectivity index (χ4n) is 1.66. The number of hydrogen-bond acceptors (Lipinski definition) is 3. The quantitative estimate of drug-likeness (QED) is 0.803. The molecule has 0 aliphatic heterocycles. The van der Waals surface area contributed by atoms with Crippen molar-refractivity contribution in [1.29, 1.82) is 0 Å². The van der Waals surface area contributed by atoms with Gasteiger partial charge in [-0.1, -0.05) is 6.07 Å². The minimum atomic E-state index is -0.274. The second-order valence-electron chi connectivity index (χ2n) is 5.07. The van der Waals surface area contributed by atoms with Gasteiger partial charge in [-0.05, 0) is 44.6 Å². The van der Waals surface area contributed by atoms with Gasteiger partial charge in [0.15, 0.2) is 11.6 Å². The van der Waals surface area contributed by atoms with E-state index in [1.54, 1.807) is 12.1 Å². The molecule has 1 fully saturated rings. The number of hydrogen-bond donors (Lipinski definition) is 1. The lowest BCUT2D eigenvalue weighted by Gasteiger charge is -2.12. The summed E-state index contributed by atoms with van der Waals surface area (Å²) in [5, 5.41) is 3.36. The fraction of sp³-hybridized carbons (Fsp3) is 0.571. The highest BCUT2D eigenvalue weighted by Gasteiger charge is 2.20. The molecular formula is C14H21FN2O. The number of nitrogens with zero attached hydrogens (tertiary/aromatic N) is 1. The van der Waals surface area contributed by atoms with Crippen LogP contribution in [0.2, 0.25) is 0 Å². The number of halogens is 1. The summed E-state index contributed by atoms with van der Waals surface area (Å²) in [6.45, 7) is 2.02. The van der Waals surface area contributed by atoms with E-state index in [1.807, 2.05) is 25.1 Å². The van der Waals surface area contributed by atoms with Crippen molar-refractivity contribution in [1.82, 2.24) is 10.2 Å². The van der Waals surface area contributed by atoms with Gasteiger partial charge in [-0.25, -0.2) is 4.39 Å². The number of ether oxygens (including phenoxy) is 1. The number of rotatable bonds is 7. The van der Waals surface area contributed by atoms with Crippen molar-refractivity contribution >= 4 is 0 Å². The van der Waals surface area contributed by atoms with Crippen LogP contribution in [0.4, 0.5) is 4.39 Å². The molecule has 3 nitrogen and oxygen atoms in total. The Morgan fingerprint density at radius 1 is 1.39 bits per heavy atom. The van der Waals surface area contributed by atoms with Crippen LogP contribution in [0.15, 0.2) is 18.2 Å². The van der Waals surface area contributed by atoms with Crippen LogP contribution in [0.25, 0.3) is 0 Å². The van der Waals surface area contributed by atoms with Crippen molar-refractivity contribution in [2.45, 2.75) is 25.4 Å². The third-order valence-electron chi connectivity index (χ3n) is 2.96. The van der Waals surface area contributed by atoms with Crippen molar-refractivity contribution in [3.63, 3.8) is 0 Å². The molecule has 1 aromatic rings. The van der Waals surface area contributed by atoms with E-state index in [0.717, 1.165) is 18.7 Å². The van der Waals surface area contributed by atoms with Crippen LogP contribution < -0.4 is 10.1 Å². The van der Waals surface area contributed by atoms with Crippen LogP contribution in [0, 0.1) is 5.82 Å². The highest BCUT2D eigenvalue weighted by molar-refractivity contribution is 5.29. The summed E-state index contributed by atoms with van der Waals surface area (Å²) in [7, 11) is 3.93. The van der Waals surface area contributed by atoms with E-state index < -0.39 is 0 Å². The van der Waals surface area contributed by atoms with Gasteiger partial charge in [0.25, 0.3) is 0 Å². The first-order valence-electron chi connectivity index (χ1n) is 6.44. The maximum absolute atomic E-state index is 13.7. The van der Waals surface area contributed by atoms with Crippen LogP contribution >= 0.6 is 0 Å².